The standard InChI is InChI=1S/C21H25N3O3/c1-15-20(18(9-10-22-15)16-7-5-4-6-8-16)21(26)24-11-12-27-14-17(24)13-19(25)23(2)3/h4-10,17H,11-14H2,1-3H3/t17-/m0/s1. The average molecular weight is 367 g/mol. The third-order valence-corrected chi connectivity index (χ3v) is 4.84. The van der Waals surface area contributed by atoms with Crippen molar-refractivity contribution in [3.05, 3.63) is 53.9 Å². The minimum absolute atomic E-state index is 0.0190. The summed E-state index contributed by atoms with van der Waals surface area (Å²) in [6, 6.07) is 11.4. The van der Waals surface area contributed by atoms with Crippen molar-refractivity contribution >= 4 is 11.8 Å². The maximum Gasteiger partial charge on any atom is 0.256 e. The van der Waals surface area contributed by atoms with E-state index < -0.39 is 0 Å². The molecule has 1 aromatic heterocycles. The van der Waals surface area contributed by atoms with E-state index in [1.807, 2.05) is 43.3 Å². The molecule has 2 aromatic rings. The molecule has 0 saturated carbocycles. The van der Waals surface area contributed by atoms with E-state index in [2.05, 4.69) is 4.98 Å². The molecule has 1 aromatic carbocycles. The van der Waals surface area contributed by atoms with E-state index in [0.29, 0.717) is 31.0 Å². The monoisotopic (exact) mass is 367 g/mol. The van der Waals surface area contributed by atoms with Crippen molar-refractivity contribution in [1.29, 1.82) is 0 Å². The lowest BCUT2D eigenvalue weighted by atomic mass is 9.97. The summed E-state index contributed by atoms with van der Waals surface area (Å²) in [7, 11) is 3.44. The van der Waals surface area contributed by atoms with Gasteiger partial charge >= 0.3 is 0 Å². The van der Waals surface area contributed by atoms with E-state index in [0.717, 1.165) is 11.1 Å². The number of rotatable bonds is 4. The third kappa shape index (κ3) is 4.17. The third-order valence-electron chi connectivity index (χ3n) is 4.84. The first kappa shape index (κ1) is 19.0. The summed E-state index contributed by atoms with van der Waals surface area (Å²) in [6.07, 6.45) is 1.97. The molecule has 0 spiro atoms. The molecular formula is C21H25N3O3. The summed E-state index contributed by atoms with van der Waals surface area (Å²) >= 11 is 0. The molecule has 142 valence electrons. The van der Waals surface area contributed by atoms with Crippen LogP contribution in [0, 0.1) is 6.92 Å². The van der Waals surface area contributed by atoms with Crippen LogP contribution in [0.4, 0.5) is 0 Å². The molecule has 2 heterocycles. The minimum Gasteiger partial charge on any atom is -0.377 e. The Bertz CT molecular complexity index is 821. The van der Waals surface area contributed by atoms with Gasteiger partial charge in [-0.3, -0.25) is 14.6 Å². The Hall–Kier alpha value is -2.73. The summed E-state index contributed by atoms with van der Waals surface area (Å²) in [5, 5.41) is 0. The lowest BCUT2D eigenvalue weighted by molar-refractivity contribution is -0.131. The second-order valence-electron chi connectivity index (χ2n) is 6.90. The van der Waals surface area contributed by atoms with Crippen molar-refractivity contribution in [3.63, 3.8) is 0 Å². The van der Waals surface area contributed by atoms with Gasteiger partial charge in [-0.15, -0.1) is 0 Å². The number of hydrogen-bond donors (Lipinski definition) is 0. The van der Waals surface area contributed by atoms with Crippen molar-refractivity contribution in [1.82, 2.24) is 14.8 Å². The van der Waals surface area contributed by atoms with Crippen molar-refractivity contribution in [3.8, 4) is 11.1 Å². The van der Waals surface area contributed by atoms with Gasteiger partial charge in [-0.1, -0.05) is 30.3 Å². The molecule has 0 unspecified atom stereocenters. The molecule has 0 radical (unpaired) electrons. The van der Waals surface area contributed by atoms with Crippen LogP contribution in [0.2, 0.25) is 0 Å². The molecular weight excluding hydrogens is 342 g/mol. The van der Waals surface area contributed by atoms with Crippen LogP contribution in [-0.4, -0.2) is 66.5 Å². The van der Waals surface area contributed by atoms with Crippen LogP contribution in [0.25, 0.3) is 11.1 Å². The number of benzene rings is 1. The molecule has 3 rings (SSSR count). The van der Waals surface area contributed by atoms with Gasteiger partial charge < -0.3 is 14.5 Å². The predicted molar refractivity (Wildman–Crippen MR) is 103 cm³/mol. The first-order valence-electron chi connectivity index (χ1n) is 9.09. The van der Waals surface area contributed by atoms with E-state index in [1.165, 1.54) is 0 Å². The molecule has 6 heteroatoms. The van der Waals surface area contributed by atoms with Crippen LogP contribution in [0.1, 0.15) is 22.5 Å². The Labute approximate surface area is 159 Å². The van der Waals surface area contributed by atoms with Crippen molar-refractivity contribution in [2.24, 2.45) is 0 Å². The van der Waals surface area contributed by atoms with Crippen molar-refractivity contribution < 1.29 is 14.3 Å². The number of aromatic nitrogens is 1. The Kier molecular flexibility index (Phi) is 5.86. The second-order valence-corrected chi connectivity index (χ2v) is 6.90. The Morgan fingerprint density at radius 3 is 2.67 bits per heavy atom. The molecule has 6 nitrogen and oxygen atoms in total. The SMILES string of the molecule is Cc1nccc(-c2ccccc2)c1C(=O)N1CCOC[C@@H]1CC(=O)N(C)C. The Morgan fingerprint density at radius 2 is 1.96 bits per heavy atom. The average Bonchev–Trinajstić information content (AvgIpc) is 2.68. The number of carbonyl (C=O) groups excluding carboxylic acids is 2. The van der Waals surface area contributed by atoms with E-state index in [1.54, 1.807) is 30.1 Å². The summed E-state index contributed by atoms with van der Waals surface area (Å²) in [5.41, 5.74) is 3.11. The molecule has 0 N–H and O–H groups in total. The number of pyridine rings is 1. The summed E-state index contributed by atoms with van der Waals surface area (Å²) in [4.78, 5) is 33.3. The maximum absolute atomic E-state index is 13.5. The highest BCUT2D eigenvalue weighted by molar-refractivity contribution is 6.02. The zero-order valence-electron chi connectivity index (χ0n) is 16.0. The van der Waals surface area contributed by atoms with Gasteiger partial charge in [0.2, 0.25) is 5.91 Å². The number of aryl methyl sites for hydroxylation is 1. The van der Waals surface area contributed by atoms with Gasteiger partial charge in [0.25, 0.3) is 5.91 Å². The predicted octanol–water partition coefficient (Wildman–Crippen LogP) is 2.38. The van der Waals surface area contributed by atoms with Gasteiger partial charge in [0.1, 0.15) is 0 Å². The molecule has 1 saturated heterocycles. The largest absolute Gasteiger partial charge is 0.377 e. The highest BCUT2D eigenvalue weighted by Gasteiger charge is 2.32. The number of amides is 2. The van der Waals surface area contributed by atoms with E-state index in [4.69, 9.17) is 4.74 Å². The van der Waals surface area contributed by atoms with Gasteiger partial charge in [-0.25, -0.2) is 0 Å². The molecule has 1 fully saturated rings. The fourth-order valence-corrected chi connectivity index (χ4v) is 3.31. The van der Waals surface area contributed by atoms with E-state index in [9.17, 15) is 9.59 Å². The fraction of sp³-hybridized carbons (Fsp3) is 0.381. The van der Waals surface area contributed by atoms with Gasteiger partial charge in [0.15, 0.2) is 0 Å². The molecule has 27 heavy (non-hydrogen) atoms. The molecule has 1 atom stereocenters. The fourth-order valence-electron chi connectivity index (χ4n) is 3.31. The van der Waals surface area contributed by atoms with Crippen LogP contribution >= 0.6 is 0 Å². The van der Waals surface area contributed by atoms with Gasteiger partial charge in [0, 0.05) is 33.3 Å². The molecule has 2 amide bonds. The quantitative estimate of drug-likeness (QED) is 0.832. The van der Waals surface area contributed by atoms with Crippen LogP contribution in [0.5, 0.6) is 0 Å². The molecule has 1 aliphatic heterocycles. The molecule has 1 aliphatic rings. The van der Waals surface area contributed by atoms with E-state index in [-0.39, 0.29) is 24.3 Å². The van der Waals surface area contributed by atoms with E-state index >= 15 is 0 Å². The number of carbonyl (C=O) groups is 2. The van der Waals surface area contributed by atoms with Gasteiger partial charge in [-0.05, 0) is 24.1 Å². The lowest BCUT2D eigenvalue weighted by Crippen LogP contribution is -2.50. The van der Waals surface area contributed by atoms with Crippen LogP contribution in [-0.2, 0) is 9.53 Å². The van der Waals surface area contributed by atoms with Crippen LogP contribution in [0.3, 0.4) is 0 Å². The minimum atomic E-state index is -0.274. The molecule has 0 aliphatic carbocycles. The number of morpholine rings is 1. The van der Waals surface area contributed by atoms with Gasteiger partial charge in [0.05, 0.1) is 30.5 Å². The highest BCUT2D eigenvalue weighted by Crippen LogP contribution is 2.27. The maximum atomic E-state index is 13.5. The summed E-state index contributed by atoms with van der Waals surface area (Å²) in [5.74, 6) is -0.117. The van der Waals surface area contributed by atoms with Crippen molar-refractivity contribution in [2.45, 2.75) is 19.4 Å². The summed E-state index contributed by atoms with van der Waals surface area (Å²) in [6.45, 7) is 3.15. The summed E-state index contributed by atoms with van der Waals surface area (Å²) < 4.78 is 5.54. The Balaban J connectivity index is 1.95. The number of nitrogens with zero attached hydrogens (tertiary/aromatic N) is 3. The van der Waals surface area contributed by atoms with Crippen LogP contribution < -0.4 is 0 Å². The molecule has 0 bridgehead atoms. The topological polar surface area (TPSA) is 62.7 Å². The highest BCUT2D eigenvalue weighted by atomic mass is 16.5. The number of ether oxygens (including phenoxy) is 1. The zero-order chi connectivity index (χ0) is 19.4. The smallest absolute Gasteiger partial charge is 0.256 e. The zero-order valence-corrected chi connectivity index (χ0v) is 16.0. The first-order valence-corrected chi connectivity index (χ1v) is 9.09. The van der Waals surface area contributed by atoms with Crippen molar-refractivity contribution in [2.75, 3.05) is 33.9 Å². The number of hydrogen-bond acceptors (Lipinski definition) is 4. The van der Waals surface area contributed by atoms with Gasteiger partial charge in [-0.2, -0.15) is 0 Å². The first-order chi connectivity index (χ1) is 13.0. The normalized spacial score (nSPS) is 16.9. The lowest BCUT2D eigenvalue weighted by Gasteiger charge is -2.36. The Morgan fingerprint density at radius 1 is 1.22 bits per heavy atom. The van der Waals surface area contributed by atoms with Crippen LogP contribution in [0.15, 0.2) is 42.6 Å². The second kappa shape index (κ2) is 8.31.